The van der Waals surface area contributed by atoms with Crippen LogP contribution in [0.4, 0.5) is 0 Å². The Balaban J connectivity index is 4.40. The monoisotopic (exact) mass is 161 g/mol. The highest BCUT2D eigenvalue weighted by Crippen LogP contribution is 2.35. The van der Waals surface area contributed by atoms with Crippen LogP contribution < -0.4 is 5.73 Å². The van der Waals surface area contributed by atoms with Crippen LogP contribution in [0.5, 0.6) is 0 Å². The molecule has 2 atom stereocenters. The number of hydrogen-bond acceptors (Lipinski definition) is 1. The van der Waals surface area contributed by atoms with Crippen LogP contribution in [0.3, 0.4) is 0 Å². The van der Waals surface area contributed by atoms with Crippen molar-refractivity contribution in [3.8, 4) is 0 Å². The van der Waals surface area contributed by atoms with Gasteiger partial charge < -0.3 is 5.73 Å². The molecule has 2 unspecified atom stereocenters. The van der Waals surface area contributed by atoms with Crippen molar-refractivity contribution < 1.29 is 0 Å². The molecule has 0 aliphatic rings. The molecule has 0 amide bonds. The first-order valence-electron chi connectivity index (χ1n) is 3.74. The Bertz CT molecular complexity index is 111. The molecule has 0 aromatic heterocycles. The van der Waals surface area contributed by atoms with Crippen molar-refractivity contribution in [1.82, 2.24) is 0 Å². The predicted octanol–water partition coefficient (Wildman–Crippen LogP) is 2.01. The third kappa shape index (κ3) is 1.93. The Morgan fingerprint density at radius 3 is 1.50 bits per heavy atom. The summed E-state index contributed by atoms with van der Waals surface area (Å²) in [6, 6.07) is 0. The molecule has 1 nitrogen and oxygen atoms in total. The fourth-order valence-corrected chi connectivity index (χ4v) is 1.02. The molecule has 0 saturated heterocycles. The van der Waals surface area contributed by atoms with E-state index in [9.17, 15) is 0 Å². The lowest BCUT2D eigenvalue weighted by molar-refractivity contribution is 0.202. The summed E-state index contributed by atoms with van der Waals surface area (Å²) in [6.07, 6.45) is 0. The molecular weight excluding hydrogens is 141 g/mol. The van der Waals surface area contributed by atoms with Crippen molar-refractivity contribution in [3.63, 3.8) is 0 Å². The molecule has 0 spiro atoms. The topological polar surface area (TPSA) is 26.0 Å². The zero-order valence-corrected chi connectivity index (χ0v) is 8.89. The normalized spacial score (nSPS) is 17.1. The van der Waals surface area contributed by atoms with Gasteiger partial charge in [-0.05, 0) is 24.9 Å². The van der Waals surface area contributed by atoms with Gasteiger partial charge in [0.2, 0.25) is 0 Å². The molecule has 0 rings (SSSR count). The van der Waals surface area contributed by atoms with Crippen LogP contribution in [0.25, 0.3) is 0 Å². The van der Waals surface area contributed by atoms with Gasteiger partial charge in [0, 0.05) is 5.54 Å². The van der Waals surface area contributed by atoms with E-state index >= 15 is 0 Å². The van der Waals surface area contributed by atoms with E-state index in [2.05, 4.69) is 43.9 Å². The van der Waals surface area contributed by atoms with Crippen LogP contribution in [0.1, 0.15) is 34.6 Å². The van der Waals surface area contributed by atoms with Crippen molar-refractivity contribution in [1.29, 1.82) is 0 Å². The zero-order chi connectivity index (χ0) is 8.58. The maximum Gasteiger partial charge on any atom is 0.0154 e. The van der Waals surface area contributed by atoms with Crippen molar-refractivity contribution in [2.75, 3.05) is 0 Å². The largest absolute Gasteiger partial charge is 0.325 e. The Morgan fingerprint density at radius 2 is 1.50 bits per heavy atom. The van der Waals surface area contributed by atoms with Crippen molar-refractivity contribution >= 4 is 9.24 Å². The quantitative estimate of drug-likeness (QED) is 0.616. The second-order valence-corrected chi connectivity index (χ2v) is 5.23. The van der Waals surface area contributed by atoms with Gasteiger partial charge in [-0.3, -0.25) is 0 Å². The summed E-state index contributed by atoms with van der Waals surface area (Å²) < 4.78 is 0. The van der Waals surface area contributed by atoms with E-state index in [-0.39, 0.29) is 11.0 Å². The summed E-state index contributed by atoms with van der Waals surface area (Å²) in [4.78, 5) is 0. The molecule has 0 aliphatic carbocycles. The lowest BCUT2D eigenvalue weighted by Gasteiger charge is -2.41. The molecule has 2 heteroatoms. The maximum absolute atomic E-state index is 6.00. The summed E-state index contributed by atoms with van der Waals surface area (Å²) in [5, 5.41) is 0. The fourth-order valence-electron chi connectivity index (χ4n) is 0.587. The summed E-state index contributed by atoms with van der Waals surface area (Å²) >= 11 is 0. The summed E-state index contributed by atoms with van der Waals surface area (Å²) in [5.74, 6) is 0. The molecule has 0 aromatic carbocycles. The van der Waals surface area contributed by atoms with Crippen LogP contribution >= 0.6 is 9.24 Å². The molecule has 0 bridgehead atoms. The molecule has 0 aromatic rings. The number of nitrogens with two attached hydrogens (primary N) is 1. The molecule has 0 heterocycles. The maximum atomic E-state index is 6.00. The van der Waals surface area contributed by atoms with Gasteiger partial charge in [-0.15, -0.1) is 9.24 Å². The van der Waals surface area contributed by atoms with Crippen molar-refractivity contribution in [2.24, 2.45) is 11.1 Å². The van der Waals surface area contributed by atoms with Gasteiger partial charge in [0.25, 0.3) is 0 Å². The minimum absolute atomic E-state index is 0.103. The zero-order valence-electron chi connectivity index (χ0n) is 7.73. The summed E-state index contributed by atoms with van der Waals surface area (Å²) in [6.45, 7) is 10.7. The van der Waals surface area contributed by atoms with Crippen molar-refractivity contribution in [3.05, 3.63) is 0 Å². The summed E-state index contributed by atoms with van der Waals surface area (Å²) in [7, 11) is 2.81. The fraction of sp³-hybridized carbons (Fsp3) is 1.00. The Kier molecular flexibility index (Phi) is 2.90. The molecule has 0 saturated carbocycles. The smallest absolute Gasteiger partial charge is 0.0154 e. The molecule has 0 radical (unpaired) electrons. The van der Waals surface area contributed by atoms with Gasteiger partial charge in [0.1, 0.15) is 0 Å². The van der Waals surface area contributed by atoms with Crippen LogP contribution in [-0.2, 0) is 0 Å². The molecule has 2 N–H and O–H groups in total. The first kappa shape index (κ1) is 10.4. The van der Waals surface area contributed by atoms with Gasteiger partial charge in [-0.2, -0.15) is 0 Å². The van der Waals surface area contributed by atoms with Gasteiger partial charge in [-0.25, -0.2) is 0 Å². The molecule has 62 valence electrons. The standard InChI is InChI=1S/C8H20NP/c1-6(10)7(2,3)8(4,5)9/h6H,9-10H2,1-5H3. The molecule has 0 aliphatic heterocycles. The van der Waals surface area contributed by atoms with Crippen LogP contribution in [-0.4, -0.2) is 11.2 Å². The van der Waals surface area contributed by atoms with E-state index in [4.69, 9.17) is 5.73 Å². The first-order valence-corrected chi connectivity index (χ1v) is 4.40. The van der Waals surface area contributed by atoms with Crippen LogP contribution in [0.2, 0.25) is 0 Å². The first-order chi connectivity index (χ1) is 4.19. The second kappa shape index (κ2) is 2.79. The number of hydrogen-bond donors (Lipinski definition) is 1. The SMILES string of the molecule is CC(P)C(C)(C)C(C)(C)N. The highest BCUT2D eigenvalue weighted by molar-refractivity contribution is 7.17. The minimum atomic E-state index is -0.103. The highest BCUT2D eigenvalue weighted by atomic mass is 31.0. The van der Waals surface area contributed by atoms with E-state index in [1.54, 1.807) is 0 Å². The van der Waals surface area contributed by atoms with E-state index in [0.29, 0.717) is 5.66 Å². The van der Waals surface area contributed by atoms with Crippen molar-refractivity contribution in [2.45, 2.75) is 45.8 Å². The van der Waals surface area contributed by atoms with E-state index in [1.165, 1.54) is 0 Å². The Labute approximate surface area is 67.0 Å². The summed E-state index contributed by atoms with van der Waals surface area (Å²) in [5.41, 5.74) is 6.62. The van der Waals surface area contributed by atoms with E-state index < -0.39 is 0 Å². The third-order valence-corrected chi connectivity index (χ3v) is 3.63. The Morgan fingerprint density at radius 1 is 1.20 bits per heavy atom. The molecular formula is C8H20NP. The van der Waals surface area contributed by atoms with Gasteiger partial charge in [0.15, 0.2) is 0 Å². The molecule has 0 fully saturated rings. The average molecular weight is 161 g/mol. The van der Waals surface area contributed by atoms with E-state index in [1.807, 2.05) is 0 Å². The minimum Gasteiger partial charge on any atom is -0.325 e. The highest BCUT2D eigenvalue weighted by Gasteiger charge is 2.35. The predicted molar refractivity (Wildman–Crippen MR) is 51.2 cm³/mol. The molecule has 10 heavy (non-hydrogen) atoms. The Hall–Kier alpha value is 0.390. The van der Waals surface area contributed by atoms with Crippen LogP contribution in [0.15, 0.2) is 0 Å². The van der Waals surface area contributed by atoms with Crippen LogP contribution in [0, 0.1) is 5.41 Å². The van der Waals surface area contributed by atoms with Gasteiger partial charge in [0.05, 0.1) is 0 Å². The average Bonchev–Trinajstić information content (AvgIpc) is 1.62. The number of rotatable bonds is 2. The second-order valence-electron chi connectivity index (χ2n) is 4.23. The van der Waals surface area contributed by atoms with E-state index in [0.717, 1.165) is 0 Å². The van der Waals surface area contributed by atoms with Gasteiger partial charge in [-0.1, -0.05) is 20.8 Å². The lowest BCUT2D eigenvalue weighted by Crippen LogP contribution is -2.51. The lowest BCUT2D eigenvalue weighted by atomic mass is 9.73. The third-order valence-electron chi connectivity index (χ3n) is 2.80. The van der Waals surface area contributed by atoms with Gasteiger partial charge >= 0.3 is 0 Å².